The molecule has 1 spiro atoms. The first-order chi connectivity index (χ1) is 16.9. The van der Waals surface area contributed by atoms with Crippen LogP contribution in [0.5, 0.6) is 0 Å². The highest BCUT2D eigenvalue weighted by molar-refractivity contribution is 6.31. The summed E-state index contributed by atoms with van der Waals surface area (Å²) in [5.41, 5.74) is 1.87. The number of halogens is 1. The van der Waals surface area contributed by atoms with Crippen LogP contribution in [0.2, 0.25) is 5.02 Å². The third-order valence-corrected chi connectivity index (χ3v) is 7.94. The van der Waals surface area contributed by atoms with E-state index in [1.807, 2.05) is 79.7 Å². The summed E-state index contributed by atoms with van der Waals surface area (Å²) in [5, 5.41) is 3.99. The monoisotopic (exact) mass is 485 g/mol. The minimum atomic E-state index is -1.29. The highest BCUT2D eigenvalue weighted by Crippen LogP contribution is 2.55. The lowest BCUT2D eigenvalue weighted by atomic mass is 9.76. The molecule has 6 rings (SSSR count). The molecule has 3 amide bonds. The third kappa shape index (κ3) is 3.10. The van der Waals surface area contributed by atoms with Crippen molar-refractivity contribution in [1.82, 2.24) is 10.2 Å². The van der Waals surface area contributed by atoms with E-state index in [9.17, 15) is 14.4 Å². The van der Waals surface area contributed by atoms with Crippen molar-refractivity contribution >= 4 is 35.0 Å². The molecule has 3 aliphatic rings. The maximum absolute atomic E-state index is 14.2. The summed E-state index contributed by atoms with van der Waals surface area (Å²) in [5.74, 6) is -2.17. The summed E-state index contributed by atoms with van der Waals surface area (Å²) in [6.45, 7) is 2.37. The summed E-state index contributed by atoms with van der Waals surface area (Å²) in [6.07, 6.45) is 0. The molecule has 6 nitrogen and oxygen atoms in total. The number of anilines is 1. The Hall–Kier alpha value is -3.48. The third-order valence-electron chi connectivity index (χ3n) is 7.57. The summed E-state index contributed by atoms with van der Waals surface area (Å²) in [4.78, 5) is 44.6. The van der Waals surface area contributed by atoms with Crippen LogP contribution in [-0.4, -0.2) is 28.7 Å². The van der Waals surface area contributed by atoms with E-state index in [0.717, 1.165) is 22.4 Å². The van der Waals surface area contributed by atoms with Gasteiger partial charge in [0.15, 0.2) is 0 Å². The van der Waals surface area contributed by atoms with Gasteiger partial charge in [-0.3, -0.25) is 24.6 Å². The number of imide groups is 1. The van der Waals surface area contributed by atoms with Gasteiger partial charge in [-0.05, 0) is 30.2 Å². The number of hydrogen-bond donors (Lipinski definition) is 1. The first-order valence-electron chi connectivity index (χ1n) is 11.7. The molecule has 3 aromatic carbocycles. The van der Waals surface area contributed by atoms with Gasteiger partial charge in [-0.2, -0.15) is 0 Å². The predicted molar refractivity (Wildman–Crippen MR) is 132 cm³/mol. The Morgan fingerprint density at radius 1 is 0.829 bits per heavy atom. The fourth-order valence-corrected chi connectivity index (χ4v) is 6.24. The van der Waals surface area contributed by atoms with Crippen molar-refractivity contribution in [2.75, 3.05) is 4.90 Å². The summed E-state index contributed by atoms with van der Waals surface area (Å²) < 4.78 is 0. The molecule has 0 radical (unpaired) electrons. The Balaban J connectivity index is 1.43. The number of carbonyl (C=O) groups is 3. The molecule has 0 aromatic heterocycles. The second-order valence-electron chi connectivity index (χ2n) is 9.49. The van der Waals surface area contributed by atoms with Crippen molar-refractivity contribution < 1.29 is 14.4 Å². The normalized spacial score (nSPS) is 27.1. The fourth-order valence-electron chi connectivity index (χ4n) is 6.04. The predicted octanol–water partition coefficient (Wildman–Crippen LogP) is 3.88. The maximum atomic E-state index is 14.2. The Bertz CT molecular complexity index is 1360. The first kappa shape index (κ1) is 22.0. The molecular weight excluding hydrogens is 462 g/mol. The standard InChI is InChI=1S/C28H24ClN3O3/c1-17-23-24(26(34)32(25(23)33)15-18-9-3-2-4-10-18)28(30-17)20-12-6-8-14-22(20)31(27(28)35)16-19-11-5-7-13-21(19)29/h2-14,17,23-24,30H,15-16H2,1H3. The Labute approximate surface area is 208 Å². The minimum Gasteiger partial charge on any atom is -0.306 e. The lowest BCUT2D eigenvalue weighted by molar-refractivity contribution is -0.143. The van der Waals surface area contributed by atoms with Crippen molar-refractivity contribution in [1.29, 1.82) is 0 Å². The van der Waals surface area contributed by atoms with Crippen molar-refractivity contribution in [2.45, 2.75) is 31.6 Å². The Morgan fingerprint density at radius 3 is 2.29 bits per heavy atom. The van der Waals surface area contributed by atoms with Crippen LogP contribution < -0.4 is 10.2 Å². The number of hydrogen-bond acceptors (Lipinski definition) is 4. The zero-order chi connectivity index (χ0) is 24.3. The van der Waals surface area contributed by atoms with Crippen LogP contribution in [0.25, 0.3) is 0 Å². The second-order valence-corrected chi connectivity index (χ2v) is 9.90. The SMILES string of the molecule is CC1NC2(C(=O)N(Cc3ccccc3Cl)c3ccccc32)C2C(=O)N(Cc3ccccc3)C(=O)C12. The molecule has 3 aliphatic heterocycles. The lowest BCUT2D eigenvalue weighted by Gasteiger charge is -2.30. The average molecular weight is 486 g/mol. The van der Waals surface area contributed by atoms with Crippen molar-refractivity contribution in [3.63, 3.8) is 0 Å². The molecule has 1 N–H and O–H groups in total. The number of likely N-dealkylation sites (tertiary alicyclic amines) is 1. The van der Waals surface area contributed by atoms with Gasteiger partial charge in [0, 0.05) is 22.3 Å². The zero-order valence-electron chi connectivity index (χ0n) is 19.1. The molecule has 0 saturated carbocycles. The molecule has 7 heteroatoms. The van der Waals surface area contributed by atoms with E-state index in [1.165, 1.54) is 4.90 Å². The smallest absolute Gasteiger partial charge is 0.253 e. The number of rotatable bonds is 4. The van der Waals surface area contributed by atoms with E-state index >= 15 is 0 Å². The highest BCUT2D eigenvalue weighted by Gasteiger charge is 2.70. The van der Waals surface area contributed by atoms with Gasteiger partial charge in [0.2, 0.25) is 11.8 Å². The van der Waals surface area contributed by atoms with E-state index in [1.54, 1.807) is 11.0 Å². The van der Waals surface area contributed by atoms with Crippen LogP contribution in [0.15, 0.2) is 78.9 Å². The molecule has 0 bridgehead atoms. The van der Waals surface area contributed by atoms with E-state index in [4.69, 9.17) is 11.6 Å². The molecule has 2 saturated heterocycles. The van der Waals surface area contributed by atoms with E-state index in [2.05, 4.69) is 5.32 Å². The minimum absolute atomic E-state index is 0.202. The summed E-state index contributed by atoms with van der Waals surface area (Å²) >= 11 is 6.42. The second kappa shape index (κ2) is 8.04. The number of nitrogens with zero attached hydrogens (tertiary/aromatic N) is 2. The van der Waals surface area contributed by atoms with Gasteiger partial charge in [0.05, 0.1) is 24.9 Å². The van der Waals surface area contributed by atoms with Gasteiger partial charge in [-0.15, -0.1) is 0 Å². The van der Waals surface area contributed by atoms with Gasteiger partial charge in [0.25, 0.3) is 5.91 Å². The van der Waals surface area contributed by atoms with Crippen molar-refractivity contribution in [3.8, 4) is 0 Å². The molecule has 35 heavy (non-hydrogen) atoms. The first-order valence-corrected chi connectivity index (χ1v) is 12.1. The van der Waals surface area contributed by atoms with E-state index < -0.39 is 17.4 Å². The van der Waals surface area contributed by atoms with Gasteiger partial charge in [-0.1, -0.05) is 78.3 Å². The molecule has 3 aromatic rings. The van der Waals surface area contributed by atoms with Crippen molar-refractivity contribution in [2.24, 2.45) is 11.8 Å². The molecule has 176 valence electrons. The zero-order valence-corrected chi connectivity index (χ0v) is 19.9. The number of carbonyl (C=O) groups excluding carboxylic acids is 3. The molecule has 2 fully saturated rings. The highest BCUT2D eigenvalue weighted by atomic mass is 35.5. The maximum Gasteiger partial charge on any atom is 0.253 e. The van der Waals surface area contributed by atoms with Crippen LogP contribution in [-0.2, 0) is 33.0 Å². The quantitative estimate of drug-likeness (QED) is 0.569. The number of nitrogens with one attached hydrogen (secondary N) is 1. The number of fused-ring (bicyclic) bond motifs is 4. The van der Waals surface area contributed by atoms with Crippen LogP contribution >= 0.6 is 11.6 Å². The molecule has 4 unspecified atom stereocenters. The van der Waals surface area contributed by atoms with Gasteiger partial charge in [0.1, 0.15) is 5.54 Å². The fraction of sp³-hybridized carbons (Fsp3) is 0.250. The average Bonchev–Trinajstić information content (AvgIpc) is 3.40. The molecule has 4 atom stereocenters. The van der Waals surface area contributed by atoms with Crippen LogP contribution in [0.1, 0.15) is 23.6 Å². The van der Waals surface area contributed by atoms with Crippen LogP contribution in [0.3, 0.4) is 0 Å². The van der Waals surface area contributed by atoms with Crippen LogP contribution in [0, 0.1) is 11.8 Å². The largest absolute Gasteiger partial charge is 0.306 e. The van der Waals surface area contributed by atoms with E-state index in [0.29, 0.717) is 5.02 Å². The van der Waals surface area contributed by atoms with Crippen LogP contribution in [0.4, 0.5) is 5.69 Å². The lowest BCUT2D eigenvalue weighted by Crippen LogP contribution is -2.54. The number of para-hydroxylation sites is 1. The molecule has 0 aliphatic carbocycles. The van der Waals surface area contributed by atoms with E-state index in [-0.39, 0.29) is 36.9 Å². The summed E-state index contributed by atoms with van der Waals surface area (Å²) in [7, 11) is 0. The molecular formula is C28H24ClN3O3. The number of amides is 3. The molecule has 3 heterocycles. The number of benzene rings is 3. The Kier molecular flexibility index (Phi) is 5.06. The van der Waals surface area contributed by atoms with Gasteiger partial charge < -0.3 is 4.90 Å². The van der Waals surface area contributed by atoms with Gasteiger partial charge >= 0.3 is 0 Å². The Morgan fingerprint density at radius 2 is 1.51 bits per heavy atom. The summed E-state index contributed by atoms with van der Waals surface area (Å²) in [6, 6.07) is 24.1. The topological polar surface area (TPSA) is 69.7 Å². The van der Waals surface area contributed by atoms with Gasteiger partial charge in [-0.25, -0.2) is 0 Å². The van der Waals surface area contributed by atoms with Crippen molar-refractivity contribution in [3.05, 3.63) is 101 Å².